The molecule has 1 saturated heterocycles. The summed E-state index contributed by atoms with van der Waals surface area (Å²) in [6.07, 6.45) is 4.35. The number of unbranched alkanes of at least 4 members (excludes halogenated alkanes) is 1. The van der Waals surface area contributed by atoms with Crippen LogP contribution in [0.5, 0.6) is 0 Å². The fourth-order valence-corrected chi connectivity index (χ4v) is 2.00. The number of carboxylic acid groups (broad SMARTS) is 1. The Balaban J connectivity index is 2.06. The second-order valence-electron chi connectivity index (χ2n) is 4.43. The lowest BCUT2D eigenvalue weighted by molar-refractivity contribution is -0.137. The molecule has 2 atom stereocenters. The van der Waals surface area contributed by atoms with Gasteiger partial charge in [-0.15, -0.1) is 0 Å². The molecule has 0 aromatic rings. The smallest absolute Gasteiger partial charge is 0.303 e. The van der Waals surface area contributed by atoms with Crippen LogP contribution < -0.4 is 16.4 Å². The first-order valence-corrected chi connectivity index (χ1v) is 6.11. The van der Waals surface area contributed by atoms with Gasteiger partial charge in [-0.1, -0.05) is 6.42 Å². The molecule has 1 rings (SSSR count). The number of nitrogens with two attached hydrogens (primary N) is 1. The molecule has 5 heteroatoms. The van der Waals surface area contributed by atoms with E-state index >= 15 is 0 Å². The molecule has 0 amide bonds. The minimum absolute atomic E-state index is 0.247. The van der Waals surface area contributed by atoms with Gasteiger partial charge in [-0.05, 0) is 25.8 Å². The van der Waals surface area contributed by atoms with Gasteiger partial charge in [0, 0.05) is 31.6 Å². The molecule has 0 bridgehead atoms. The molecule has 0 saturated carbocycles. The van der Waals surface area contributed by atoms with E-state index in [1.165, 1.54) is 0 Å². The standard InChI is InChI=1S/C11H23N3O2/c12-6-2-1-3-9-7-14-10(8-13-9)4-5-11(15)16/h9-10,13-14H,1-8,12H2,(H,15,16)/t9-,10-/m1/s1. The van der Waals surface area contributed by atoms with E-state index in [0.717, 1.165) is 38.9 Å². The van der Waals surface area contributed by atoms with Crippen molar-refractivity contribution in [2.45, 2.75) is 44.2 Å². The van der Waals surface area contributed by atoms with Crippen LogP contribution >= 0.6 is 0 Å². The summed E-state index contributed by atoms with van der Waals surface area (Å²) in [5.74, 6) is -0.716. The predicted molar refractivity (Wildman–Crippen MR) is 63.4 cm³/mol. The Labute approximate surface area is 96.8 Å². The Hall–Kier alpha value is -0.650. The van der Waals surface area contributed by atoms with Gasteiger partial charge in [0.25, 0.3) is 0 Å². The summed E-state index contributed by atoms with van der Waals surface area (Å²) in [4.78, 5) is 10.4. The molecular formula is C11H23N3O2. The Kier molecular flexibility index (Phi) is 6.37. The van der Waals surface area contributed by atoms with Crippen LogP contribution in [0, 0.1) is 0 Å². The highest BCUT2D eigenvalue weighted by molar-refractivity contribution is 5.66. The van der Waals surface area contributed by atoms with Crippen molar-refractivity contribution in [2.75, 3.05) is 19.6 Å². The average Bonchev–Trinajstić information content (AvgIpc) is 2.28. The van der Waals surface area contributed by atoms with Crippen LogP contribution in [0.3, 0.4) is 0 Å². The largest absolute Gasteiger partial charge is 0.481 e. The zero-order valence-corrected chi connectivity index (χ0v) is 9.74. The SMILES string of the molecule is NCCCC[C@@H]1CN[C@H](CCC(=O)O)CN1. The highest BCUT2D eigenvalue weighted by atomic mass is 16.4. The molecule has 0 unspecified atom stereocenters. The summed E-state index contributed by atoms with van der Waals surface area (Å²) in [7, 11) is 0. The van der Waals surface area contributed by atoms with Crippen molar-refractivity contribution in [3.63, 3.8) is 0 Å². The van der Waals surface area contributed by atoms with Gasteiger partial charge in [-0.2, -0.15) is 0 Å². The van der Waals surface area contributed by atoms with Crippen molar-refractivity contribution in [3.8, 4) is 0 Å². The Morgan fingerprint density at radius 1 is 1.19 bits per heavy atom. The number of nitrogens with one attached hydrogen (secondary N) is 2. The second-order valence-corrected chi connectivity index (χ2v) is 4.43. The van der Waals surface area contributed by atoms with Gasteiger partial charge in [-0.3, -0.25) is 4.79 Å². The van der Waals surface area contributed by atoms with Crippen LogP contribution in [-0.2, 0) is 4.79 Å². The summed E-state index contributed by atoms with van der Waals surface area (Å²) >= 11 is 0. The van der Waals surface area contributed by atoms with Crippen molar-refractivity contribution < 1.29 is 9.90 Å². The maximum Gasteiger partial charge on any atom is 0.303 e. The third-order valence-corrected chi connectivity index (χ3v) is 3.02. The summed E-state index contributed by atoms with van der Waals surface area (Å²) in [6.45, 7) is 2.58. The fraction of sp³-hybridized carbons (Fsp3) is 0.909. The highest BCUT2D eigenvalue weighted by Crippen LogP contribution is 2.06. The zero-order chi connectivity index (χ0) is 11.8. The van der Waals surface area contributed by atoms with E-state index in [1.807, 2.05) is 0 Å². The van der Waals surface area contributed by atoms with E-state index in [1.54, 1.807) is 0 Å². The molecule has 1 aliphatic heterocycles. The minimum atomic E-state index is -0.716. The first kappa shape index (κ1) is 13.4. The number of aliphatic carboxylic acids is 1. The molecule has 1 heterocycles. The first-order valence-electron chi connectivity index (χ1n) is 6.11. The molecule has 1 aliphatic rings. The van der Waals surface area contributed by atoms with Gasteiger partial charge in [-0.25, -0.2) is 0 Å². The van der Waals surface area contributed by atoms with Gasteiger partial charge in [0.2, 0.25) is 0 Å². The number of hydrogen-bond acceptors (Lipinski definition) is 4. The summed E-state index contributed by atoms with van der Waals surface area (Å²) in [5.41, 5.74) is 5.44. The van der Waals surface area contributed by atoms with Crippen LogP contribution in [-0.4, -0.2) is 42.8 Å². The topological polar surface area (TPSA) is 87.4 Å². The first-order chi connectivity index (χ1) is 7.72. The Bertz CT molecular complexity index is 203. The third kappa shape index (κ3) is 5.44. The quantitative estimate of drug-likeness (QED) is 0.458. The van der Waals surface area contributed by atoms with E-state index in [-0.39, 0.29) is 6.42 Å². The fourth-order valence-electron chi connectivity index (χ4n) is 2.00. The van der Waals surface area contributed by atoms with Gasteiger partial charge in [0.1, 0.15) is 0 Å². The number of carboxylic acids is 1. The lowest BCUT2D eigenvalue weighted by Crippen LogP contribution is -2.54. The maximum absolute atomic E-state index is 10.4. The molecule has 0 aromatic heterocycles. The maximum atomic E-state index is 10.4. The van der Waals surface area contributed by atoms with Gasteiger partial charge < -0.3 is 21.5 Å². The van der Waals surface area contributed by atoms with Crippen molar-refractivity contribution in [1.29, 1.82) is 0 Å². The average molecular weight is 229 g/mol. The van der Waals surface area contributed by atoms with Gasteiger partial charge >= 0.3 is 5.97 Å². The number of carbonyl (C=O) groups is 1. The zero-order valence-electron chi connectivity index (χ0n) is 9.74. The molecule has 5 nitrogen and oxygen atoms in total. The molecule has 0 radical (unpaired) electrons. The second kappa shape index (κ2) is 7.60. The van der Waals surface area contributed by atoms with Gasteiger partial charge in [0.15, 0.2) is 0 Å². The van der Waals surface area contributed by atoms with E-state index in [9.17, 15) is 4.79 Å². The Morgan fingerprint density at radius 3 is 2.31 bits per heavy atom. The van der Waals surface area contributed by atoms with Crippen LogP contribution in [0.4, 0.5) is 0 Å². The highest BCUT2D eigenvalue weighted by Gasteiger charge is 2.19. The van der Waals surface area contributed by atoms with Gasteiger partial charge in [0.05, 0.1) is 0 Å². The van der Waals surface area contributed by atoms with Crippen molar-refractivity contribution in [2.24, 2.45) is 5.73 Å². The van der Waals surface area contributed by atoms with Crippen LogP contribution in [0.2, 0.25) is 0 Å². The van der Waals surface area contributed by atoms with Crippen LogP contribution in [0.15, 0.2) is 0 Å². The van der Waals surface area contributed by atoms with E-state index in [4.69, 9.17) is 10.8 Å². The summed E-state index contributed by atoms with van der Waals surface area (Å²) < 4.78 is 0. The molecule has 94 valence electrons. The molecule has 5 N–H and O–H groups in total. The van der Waals surface area contributed by atoms with Crippen molar-refractivity contribution >= 4 is 5.97 Å². The predicted octanol–water partition coefficient (Wildman–Crippen LogP) is -0.0898. The lowest BCUT2D eigenvalue weighted by Gasteiger charge is -2.31. The van der Waals surface area contributed by atoms with Crippen molar-refractivity contribution in [3.05, 3.63) is 0 Å². The lowest BCUT2D eigenvalue weighted by atomic mass is 10.0. The third-order valence-electron chi connectivity index (χ3n) is 3.02. The van der Waals surface area contributed by atoms with E-state index < -0.39 is 5.97 Å². The minimum Gasteiger partial charge on any atom is -0.481 e. The number of hydrogen-bond donors (Lipinski definition) is 4. The number of rotatable bonds is 7. The summed E-state index contributed by atoms with van der Waals surface area (Å²) in [5, 5.41) is 15.4. The van der Waals surface area contributed by atoms with Crippen LogP contribution in [0.1, 0.15) is 32.1 Å². The summed E-state index contributed by atoms with van der Waals surface area (Å²) in [6, 6.07) is 0.828. The Morgan fingerprint density at radius 2 is 1.81 bits per heavy atom. The number of piperazine rings is 1. The van der Waals surface area contributed by atoms with E-state index in [2.05, 4.69) is 10.6 Å². The molecule has 16 heavy (non-hydrogen) atoms. The molecule has 0 spiro atoms. The van der Waals surface area contributed by atoms with E-state index in [0.29, 0.717) is 18.5 Å². The monoisotopic (exact) mass is 229 g/mol. The molecular weight excluding hydrogens is 206 g/mol. The van der Waals surface area contributed by atoms with Crippen molar-refractivity contribution in [1.82, 2.24) is 10.6 Å². The van der Waals surface area contributed by atoms with Crippen LogP contribution in [0.25, 0.3) is 0 Å². The molecule has 0 aliphatic carbocycles. The molecule has 0 aromatic carbocycles. The molecule has 1 fully saturated rings. The normalized spacial score (nSPS) is 25.6.